The highest BCUT2D eigenvalue weighted by Gasteiger charge is 2.45. The number of aromatic amines is 1. The summed E-state index contributed by atoms with van der Waals surface area (Å²) in [4.78, 5) is 27.5. The minimum absolute atomic E-state index is 0.0656. The van der Waals surface area contributed by atoms with Gasteiger partial charge in [-0.2, -0.15) is 4.98 Å². The van der Waals surface area contributed by atoms with Gasteiger partial charge >= 0.3 is 0 Å². The monoisotopic (exact) mass is 381 g/mol. The zero-order chi connectivity index (χ0) is 19.3. The van der Waals surface area contributed by atoms with Crippen LogP contribution in [0.2, 0.25) is 0 Å². The van der Waals surface area contributed by atoms with Crippen molar-refractivity contribution in [3.63, 3.8) is 0 Å². The van der Waals surface area contributed by atoms with Crippen molar-refractivity contribution in [2.75, 3.05) is 50.5 Å². The Kier molecular flexibility index (Phi) is 4.52. The summed E-state index contributed by atoms with van der Waals surface area (Å²) in [7, 11) is 2.01. The van der Waals surface area contributed by atoms with Gasteiger partial charge in [-0.15, -0.1) is 0 Å². The molecule has 4 rings (SSSR count). The van der Waals surface area contributed by atoms with E-state index >= 15 is 0 Å². The Balaban J connectivity index is 1.86. The van der Waals surface area contributed by atoms with Crippen LogP contribution in [0.25, 0.3) is 11.2 Å². The highest BCUT2D eigenvalue weighted by molar-refractivity contribution is 5.75. The van der Waals surface area contributed by atoms with E-state index in [-0.39, 0.29) is 17.1 Å². The fraction of sp³-hybridized carbons (Fsp3) is 0.667. The smallest absolute Gasteiger partial charge is 0.280 e. The van der Waals surface area contributed by atoms with Gasteiger partial charge in [0.15, 0.2) is 17.4 Å². The van der Waals surface area contributed by atoms with Crippen LogP contribution in [0.4, 0.5) is 11.9 Å². The minimum atomic E-state index is -1.33. The number of anilines is 2. The Labute approximate surface area is 153 Å². The van der Waals surface area contributed by atoms with Crippen LogP contribution in [0.15, 0.2) is 4.79 Å². The summed E-state index contributed by atoms with van der Waals surface area (Å²) in [6.07, 6.45) is -4.63. The summed E-state index contributed by atoms with van der Waals surface area (Å²) in [5, 5.41) is 30.0. The molecule has 0 bridgehead atoms. The van der Waals surface area contributed by atoms with E-state index in [2.05, 4.69) is 19.9 Å². The molecule has 0 radical (unpaired) electrons. The van der Waals surface area contributed by atoms with Crippen LogP contribution < -0.4 is 16.2 Å². The lowest BCUT2D eigenvalue weighted by Crippen LogP contribution is -2.46. The predicted octanol–water partition coefficient (Wildman–Crippen LogP) is -2.93. The molecule has 12 heteroatoms. The maximum atomic E-state index is 12.3. The van der Waals surface area contributed by atoms with Gasteiger partial charge in [0.25, 0.3) is 5.56 Å². The number of nitrogen functional groups attached to an aromatic ring is 1. The van der Waals surface area contributed by atoms with Gasteiger partial charge in [0.05, 0.1) is 6.61 Å². The third-order valence-corrected chi connectivity index (χ3v) is 5.11. The molecule has 0 unspecified atom stereocenters. The molecule has 148 valence electrons. The minimum Gasteiger partial charge on any atom is -0.394 e. The van der Waals surface area contributed by atoms with E-state index in [1.807, 2.05) is 11.9 Å². The molecule has 2 aromatic heterocycles. The number of fused-ring (bicyclic) bond motifs is 1. The van der Waals surface area contributed by atoms with Crippen molar-refractivity contribution in [3.05, 3.63) is 10.4 Å². The average Bonchev–Trinajstić information content (AvgIpc) is 3.14. The van der Waals surface area contributed by atoms with Gasteiger partial charge in [-0.1, -0.05) is 0 Å². The first-order valence-corrected chi connectivity index (χ1v) is 8.74. The molecule has 6 N–H and O–H groups in total. The van der Waals surface area contributed by atoms with E-state index in [1.54, 1.807) is 0 Å². The quantitative estimate of drug-likeness (QED) is 0.371. The summed E-state index contributed by atoms with van der Waals surface area (Å²) in [5.74, 6) is 0.307. The Bertz CT molecular complexity index is 891. The highest BCUT2D eigenvalue weighted by atomic mass is 16.6. The Hall–Kier alpha value is -2.25. The molecule has 2 fully saturated rings. The SMILES string of the molecule is CN1CCN(c2nc3c(=O)[nH]c(N)nc3n2[C@@H]2O[C@@H](CO)[C@@H](O)[C@@H]2O)CC1. The lowest BCUT2D eigenvalue weighted by Gasteiger charge is -2.34. The number of nitrogens with two attached hydrogens (primary N) is 1. The van der Waals surface area contributed by atoms with Gasteiger partial charge in [-0.25, -0.2) is 4.98 Å². The van der Waals surface area contributed by atoms with Crippen LogP contribution in [-0.2, 0) is 4.74 Å². The van der Waals surface area contributed by atoms with Gasteiger partial charge in [0.1, 0.15) is 18.3 Å². The van der Waals surface area contributed by atoms with Gasteiger partial charge < -0.3 is 35.6 Å². The molecule has 4 atom stereocenters. The number of nitrogens with zero attached hydrogens (tertiary/aromatic N) is 5. The number of aromatic nitrogens is 4. The second-order valence-electron chi connectivity index (χ2n) is 6.92. The van der Waals surface area contributed by atoms with Crippen molar-refractivity contribution >= 4 is 23.1 Å². The number of hydrogen-bond acceptors (Lipinski definition) is 10. The predicted molar refractivity (Wildman–Crippen MR) is 95.3 cm³/mol. The first-order valence-electron chi connectivity index (χ1n) is 8.74. The summed E-state index contributed by atoms with van der Waals surface area (Å²) in [6, 6.07) is 0. The fourth-order valence-corrected chi connectivity index (χ4v) is 3.55. The van der Waals surface area contributed by atoms with Crippen molar-refractivity contribution in [3.8, 4) is 0 Å². The van der Waals surface area contributed by atoms with Crippen molar-refractivity contribution < 1.29 is 20.1 Å². The molecule has 2 aliphatic heterocycles. The maximum absolute atomic E-state index is 12.3. The molecule has 0 spiro atoms. The third kappa shape index (κ3) is 2.95. The second-order valence-corrected chi connectivity index (χ2v) is 6.92. The molecule has 2 saturated heterocycles. The number of piperazine rings is 1. The number of rotatable bonds is 3. The van der Waals surface area contributed by atoms with Gasteiger partial charge in [-0.3, -0.25) is 14.3 Å². The molecule has 2 aliphatic rings. The van der Waals surface area contributed by atoms with E-state index in [0.29, 0.717) is 19.0 Å². The summed E-state index contributed by atoms with van der Waals surface area (Å²) < 4.78 is 7.14. The van der Waals surface area contributed by atoms with Crippen molar-refractivity contribution in [1.29, 1.82) is 0 Å². The second kappa shape index (κ2) is 6.73. The molecule has 4 heterocycles. The molecular weight excluding hydrogens is 358 g/mol. The molecule has 12 nitrogen and oxygen atoms in total. The van der Waals surface area contributed by atoms with Crippen LogP contribution in [-0.4, -0.2) is 97.9 Å². The number of nitrogens with one attached hydrogen (secondary N) is 1. The summed E-state index contributed by atoms with van der Waals surface area (Å²) >= 11 is 0. The van der Waals surface area contributed by atoms with Gasteiger partial charge in [0.2, 0.25) is 11.9 Å². The summed E-state index contributed by atoms with van der Waals surface area (Å²) in [5.41, 5.74) is 5.41. The molecule has 0 saturated carbocycles. The van der Waals surface area contributed by atoms with Crippen LogP contribution in [0.5, 0.6) is 0 Å². The van der Waals surface area contributed by atoms with Crippen molar-refractivity contribution in [2.24, 2.45) is 0 Å². The van der Waals surface area contributed by atoms with Gasteiger partial charge in [-0.05, 0) is 7.05 Å². The van der Waals surface area contributed by atoms with E-state index in [9.17, 15) is 20.1 Å². The maximum Gasteiger partial charge on any atom is 0.280 e. The normalized spacial score (nSPS) is 29.7. The molecular formula is C15H23N7O5. The number of H-pyrrole nitrogens is 1. The van der Waals surface area contributed by atoms with E-state index in [1.165, 1.54) is 4.57 Å². The van der Waals surface area contributed by atoms with Crippen LogP contribution in [0.1, 0.15) is 6.23 Å². The number of aliphatic hydroxyl groups excluding tert-OH is 3. The first kappa shape index (κ1) is 18.1. The molecule has 2 aromatic rings. The number of hydrogen-bond donors (Lipinski definition) is 5. The third-order valence-electron chi connectivity index (χ3n) is 5.11. The van der Waals surface area contributed by atoms with E-state index in [4.69, 9.17) is 10.5 Å². The average molecular weight is 381 g/mol. The number of ether oxygens (including phenoxy) is 1. The topological polar surface area (TPSA) is 166 Å². The van der Waals surface area contributed by atoms with Crippen molar-refractivity contribution in [1.82, 2.24) is 24.4 Å². The Morgan fingerprint density at radius 3 is 2.56 bits per heavy atom. The number of aliphatic hydroxyl groups is 3. The highest BCUT2D eigenvalue weighted by Crippen LogP contribution is 2.35. The van der Waals surface area contributed by atoms with Crippen LogP contribution in [0.3, 0.4) is 0 Å². The molecule has 27 heavy (non-hydrogen) atoms. The van der Waals surface area contributed by atoms with Crippen molar-refractivity contribution in [2.45, 2.75) is 24.5 Å². The molecule has 0 amide bonds. The zero-order valence-electron chi connectivity index (χ0n) is 14.8. The van der Waals surface area contributed by atoms with Gasteiger partial charge in [0, 0.05) is 26.2 Å². The standard InChI is InChI=1S/C15H23N7O5/c1-20-2-4-21(5-3-20)15-17-8-11(18-14(16)19-12(8)26)22(15)13-10(25)9(24)7(6-23)27-13/h7,9-10,13,23-25H,2-6H2,1H3,(H3,16,18,19,26)/t7-,9+,10-,13+/m0/s1. The largest absolute Gasteiger partial charge is 0.394 e. The zero-order valence-corrected chi connectivity index (χ0v) is 14.8. The van der Waals surface area contributed by atoms with E-state index in [0.717, 1.165) is 13.1 Å². The van der Waals surface area contributed by atoms with Crippen LogP contribution in [0, 0.1) is 0 Å². The Morgan fingerprint density at radius 2 is 1.93 bits per heavy atom. The lowest BCUT2D eigenvalue weighted by atomic mass is 10.1. The number of imidazole rings is 1. The fourth-order valence-electron chi connectivity index (χ4n) is 3.55. The number of likely N-dealkylation sites (N-methyl/N-ethyl adjacent to an activating group) is 1. The lowest BCUT2D eigenvalue weighted by molar-refractivity contribution is -0.0505. The summed E-state index contributed by atoms with van der Waals surface area (Å²) in [6.45, 7) is 2.45. The molecule has 0 aliphatic carbocycles. The first-order chi connectivity index (χ1) is 12.9. The van der Waals surface area contributed by atoms with E-state index < -0.39 is 36.7 Å². The Morgan fingerprint density at radius 1 is 1.22 bits per heavy atom. The molecule has 0 aromatic carbocycles. The van der Waals surface area contributed by atoms with Crippen LogP contribution >= 0.6 is 0 Å².